The van der Waals surface area contributed by atoms with Crippen molar-refractivity contribution in [3.05, 3.63) is 83.3 Å². The normalized spacial score (nSPS) is 12.7. The first-order chi connectivity index (χ1) is 17.6. The minimum atomic E-state index is -1.15. The summed E-state index contributed by atoms with van der Waals surface area (Å²) in [7, 11) is -1.15. The third-order valence-corrected chi connectivity index (χ3v) is 7.93. The van der Waals surface area contributed by atoms with E-state index in [9.17, 15) is 14.3 Å². The lowest BCUT2D eigenvalue weighted by molar-refractivity contribution is 0.0791. The number of halogens is 1. The molecule has 0 saturated carbocycles. The Balaban J connectivity index is 1.54. The molecular formula is C27H34FN5O3Si. The van der Waals surface area contributed by atoms with Crippen LogP contribution in [0.3, 0.4) is 0 Å². The Morgan fingerprint density at radius 1 is 1.24 bits per heavy atom. The summed E-state index contributed by atoms with van der Waals surface area (Å²) in [6.45, 7) is 10.3. The van der Waals surface area contributed by atoms with E-state index in [0.29, 0.717) is 24.5 Å². The predicted octanol–water partition coefficient (Wildman–Crippen LogP) is 5.59. The van der Waals surface area contributed by atoms with Gasteiger partial charge in [0.2, 0.25) is 0 Å². The molecule has 2 aromatic heterocycles. The number of hydrogen-bond acceptors (Lipinski definition) is 4. The molecule has 0 aliphatic rings. The quantitative estimate of drug-likeness (QED) is 0.197. The summed E-state index contributed by atoms with van der Waals surface area (Å²) in [5.74, 6) is 0.211. The van der Waals surface area contributed by atoms with Gasteiger partial charge >= 0.3 is 6.09 Å². The minimum Gasteiger partial charge on any atom is -0.465 e. The lowest BCUT2D eigenvalue weighted by Crippen LogP contribution is -2.30. The number of nitrogens with one attached hydrogen (secondary N) is 1. The maximum atomic E-state index is 14.3. The molecule has 4 rings (SSSR count). The number of ether oxygens (including phenoxy) is 1. The zero-order valence-electron chi connectivity index (χ0n) is 21.7. The standard InChI is InChI=1S/C27H34FN5O3Si/c1-19-13-20(14-22-17-33(31-25(19)22)18-36-11-12-37(2,3)4)15-24(30-27(34)35)26-29-9-10-32(26)16-21-7-5-6-8-23(21)28/h5-10,13-14,17,24,30H,11-12,15-16,18H2,1-4H3,(H,34,35). The van der Waals surface area contributed by atoms with Gasteiger partial charge in [-0.2, -0.15) is 5.10 Å². The maximum Gasteiger partial charge on any atom is 0.405 e. The fourth-order valence-corrected chi connectivity index (χ4v) is 5.08. The summed E-state index contributed by atoms with van der Waals surface area (Å²) >= 11 is 0. The number of fused-ring (bicyclic) bond motifs is 1. The SMILES string of the molecule is Cc1cc(CC(NC(=O)O)c2nccn2Cc2ccccc2F)cc2cn(COCC[Si](C)(C)C)nc12. The number of imidazole rings is 1. The van der Waals surface area contributed by atoms with Crippen molar-refractivity contribution in [2.45, 2.75) is 58.3 Å². The number of rotatable bonds is 11. The van der Waals surface area contributed by atoms with Crippen molar-refractivity contribution in [3.8, 4) is 0 Å². The average molecular weight is 524 g/mol. The number of hydrogen-bond donors (Lipinski definition) is 2. The van der Waals surface area contributed by atoms with Gasteiger partial charge in [-0.05, 0) is 36.2 Å². The van der Waals surface area contributed by atoms with E-state index in [1.54, 1.807) is 39.8 Å². The van der Waals surface area contributed by atoms with Crippen LogP contribution in [0.4, 0.5) is 9.18 Å². The minimum absolute atomic E-state index is 0.252. The fraction of sp³-hybridized carbons (Fsp3) is 0.370. The Kier molecular flexibility index (Phi) is 8.09. The van der Waals surface area contributed by atoms with Crippen molar-refractivity contribution in [2.75, 3.05) is 6.61 Å². The molecule has 0 bridgehead atoms. The van der Waals surface area contributed by atoms with Crippen LogP contribution in [0.25, 0.3) is 10.9 Å². The largest absolute Gasteiger partial charge is 0.465 e. The molecule has 0 spiro atoms. The molecule has 1 atom stereocenters. The van der Waals surface area contributed by atoms with Crippen LogP contribution in [0.5, 0.6) is 0 Å². The Bertz CT molecular complexity index is 1380. The van der Waals surface area contributed by atoms with Crippen molar-refractivity contribution in [1.29, 1.82) is 0 Å². The van der Waals surface area contributed by atoms with Gasteiger partial charge in [-0.3, -0.25) is 0 Å². The number of aryl methyl sites for hydroxylation is 1. The number of carboxylic acid groups (broad SMARTS) is 1. The summed E-state index contributed by atoms with van der Waals surface area (Å²) in [5.41, 5.74) is 3.34. The van der Waals surface area contributed by atoms with Gasteiger partial charge < -0.3 is 19.7 Å². The highest BCUT2D eigenvalue weighted by molar-refractivity contribution is 6.76. The van der Waals surface area contributed by atoms with E-state index in [2.05, 4.69) is 35.0 Å². The van der Waals surface area contributed by atoms with Crippen LogP contribution in [0.15, 0.2) is 55.0 Å². The van der Waals surface area contributed by atoms with Crippen LogP contribution in [-0.4, -0.2) is 45.2 Å². The molecule has 0 fully saturated rings. The van der Waals surface area contributed by atoms with Gasteiger partial charge in [-0.25, -0.2) is 18.9 Å². The smallest absolute Gasteiger partial charge is 0.405 e. The molecule has 196 valence electrons. The third kappa shape index (κ3) is 7.05. The first-order valence-electron chi connectivity index (χ1n) is 12.4. The van der Waals surface area contributed by atoms with Gasteiger partial charge in [0.25, 0.3) is 0 Å². The third-order valence-electron chi connectivity index (χ3n) is 6.22. The highest BCUT2D eigenvalue weighted by atomic mass is 28.3. The van der Waals surface area contributed by atoms with Crippen LogP contribution in [0.2, 0.25) is 25.7 Å². The molecule has 4 aromatic rings. The number of amides is 1. The molecule has 37 heavy (non-hydrogen) atoms. The fourth-order valence-electron chi connectivity index (χ4n) is 4.32. The van der Waals surface area contributed by atoms with Crippen LogP contribution in [-0.2, 0) is 24.4 Å². The Labute approximate surface area is 217 Å². The summed E-state index contributed by atoms with van der Waals surface area (Å²) in [6.07, 6.45) is 4.53. The van der Waals surface area contributed by atoms with Crippen molar-refractivity contribution in [1.82, 2.24) is 24.6 Å². The van der Waals surface area contributed by atoms with Gasteiger partial charge in [0.1, 0.15) is 18.4 Å². The van der Waals surface area contributed by atoms with Crippen molar-refractivity contribution in [2.24, 2.45) is 0 Å². The van der Waals surface area contributed by atoms with Crippen LogP contribution in [0, 0.1) is 12.7 Å². The Hall–Kier alpha value is -3.50. The molecule has 8 nitrogen and oxygen atoms in total. The lowest BCUT2D eigenvalue weighted by atomic mass is 10.0. The van der Waals surface area contributed by atoms with Gasteiger partial charge in [-0.15, -0.1) is 0 Å². The zero-order chi connectivity index (χ0) is 26.6. The monoisotopic (exact) mass is 523 g/mol. The number of aromatic nitrogens is 4. The molecule has 10 heteroatoms. The molecule has 1 unspecified atom stereocenters. The summed E-state index contributed by atoms with van der Waals surface area (Å²) in [6, 6.07) is 11.1. The van der Waals surface area contributed by atoms with E-state index in [4.69, 9.17) is 4.74 Å². The van der Waals surface area contributed by atoms with E-state index < -0.39 is 20.2 Å². The maximum absolute atomic E-state index is 14.3. The zero-order valence-corrected chi connectivity index (χ0v) is 22.7. The van der Waals surface area contributed by atoms with E-state index in [1.165, 1.54) is 6.07 Å². The summed E-state index contributed by atoms with van der Waals surface area (Å²) in [5, 5.41) is 17.8. The number of benzene rings is 2. The molecule has 2 N–H and O–H groups in total. The Morgan fingerprint density at radius 2 is 2.03 bits per heavy atom. The summed E-state index contributed by atoms with van der Waals surface area (Å²) in [4.78, 5) is 16.1. The van der Waals surface area contributed by atoms with Crippen LogP contribution in [0.1, 0.15) is 28.6 Å². The molecule has 1 amide bonds. The molecule has 0 radical (unpaired) electrons. The van der Waals surface area contributed by atoms with Crippen LogP contribution >= 0.6 is 0 Å². The second-order valence-corrected chi connectivity index (χ2v) is 16.2. The molecule has 2 heterocycles. The number of carbonyl (C=O) groups is 1. The van der Waals surface area contributed by atoms with Gasteiger partial charge in [0.15, 0.2) is 0 Å². The Morgan fingerprint density at radius 3 is 2.76 bits per heavy atom. The van der Waals surface area contributed by atoms with Crippen molar-refractivity contribution >= 4 is 25.1 Å². The second-order valence-electron chi connectivity index (χ2n) is 10.6. The van der Waals surface area contributed by atoms with Crippen molar-refractivity contribution in [3.63, 3.8) is 0 Å². The van der Waals surface area contributed by atoms with E-state index in [1.807, 2.05) is 25.3 Å². The van der Waals surface area contributed by atoms with E-state index in [0.717, 1.165) is 34.7 Å². The lowest BCUT2D eigenvalue weighted by Gasteiger charge is -2.19. The molecule has 0 saturated heterocycles. The topological polar surface area (TPSA) is 94.2 Å². The summed E-state index contributed by atoms with van der Waals surface area (Å²) < 4.78 is 23.7. The predicted molar refractivity (Wildman–Crippen MR) is 144 cm³/mol. The second kappa shape index (κ2) is 11.3. The van der Waals surface area contributed by atoms with Crippen molar-refractivity contribution < 1.29 is 19.0 Å². The van der Waals surface area contributed by atoms with E-state index >= 15 is 0 Å². The van der Waals surface area contributed by atoms with Gasteiger partial charge in [-0.1, -0.05) is 43.9 Å². The highest BCUT2D eigenvalue weighted by Crippen LogP contribution is 2.25. The highest BCUT2D eigenvalue weighted by Gasteiger charge is 2.21. The molecule has 0 aliphatic heterocycles. The average Bonchev–Trinajstić information content (AvgIpc) is 3.44. The van der Waals surface area contributed by atoms with E-state index in [-0.39, 0.29) is 12.4 Å². The van der Waals surface area contributed by atoms with Crippen LogP contribution < -0.4 is 5.32 Å². The molecular weight excluding hydrogens is 489 g/mol. The van der Waals surface area contributed by atoms with Gasteiger partial charge in [0.05, 0.1) is 18.1 Å². The first-order valence-corrected chi connectivity index (χ1v) is 16.1. The first kappa shape index (κ1) is 26.6. The van der Waals surface area contributed by atoms with Gasteiger partial charge in [0, 0.05) is 50.6 Å². The molecule has 0 aliphatic carbocycles. The number of nitrogens with zero attached hydrogens (tertiary/aromatic N) is 4. The molecule has 2 aromatic carbocycles.